The van der Waals surface area contributed by atoms with Gasteiger partial charge in [-0.25, -0.2) is 9.48 Å². The number of hydrogen-bond acceptors (Lipinski definition) is 7. The van der Waals surface area contributed by atoms with Crippen molar-refractivity contribution in [2.24, 2.45) is 0 Å². The van der Waals surface area contributed by atoms with Crippen LogP contribution in [0.4, 0.5) is 5.82 Å². The topological polar surface area (TPSA) is 106 Å². The molecule has 0 spiro atoms. The molecule has 0 unspecified atom stereocenters. The number of hydrogen-bond donors (Lipinski definition) is 1. The standard InChI is InChI=1S/C25H20N4O4S/c1-16-21(17-8-10-20(32-2)11-9-17)12-22(34-16)25(31)33-15-23(30)28-24-18(13-26)14-27-29(24)19-6-4-3-5-7-19/h3-12,14H,15H2,1-2H3,(H,28,30). The Labute approximate surface area is 200 Å². The van der Waals surface area contributed by atoms with Gasteiger partial charge in [-0.2, -0.15) is 10.4 Å². The average Bonchev–Trinajstić information content (AvgIpc) is 3.46. The molecule has 0 radical (unpaired) electrons. The number of amides is 1. The van der Waals surface area contributed by atoms with Crippen LogP contribution in [0.5, 0.6) is 5.75 Å². The number of rotatable bonds is 7. The fourth-order valence-corrected chi connectivity index (χ4v) is 4.26. The molecule has 4 aromatic rings. The first-order valence-corrected chi connectivity index (χ1v) is 11.1. The summed E-state index contributed by atoms with van der Waals surface area (Å²) in [4.78, 5) is 26.4. The van der Waals surface area contributed by atoms with Crippen LogP contribution < -0.4 is 10.1 Å². The lowest BCUT2D eigenvalue weighted by atomic mass is 10.1. The zero-order valence-corrected chi connectivity index (χ0v) is 19.3. The number of anilines is 1. The maximum absolute atomic E-state index is 12.6. The summed E-state index contributed by atoms with van der Waals surface area (Å²) in [6.07, 6.45) is 1.36. The number of aromatic nitrogens is 2. The molecule has 170 valence electrons. The van der Waals surface area contributed by atoms with Gasteiger partial charge in [-0.05, 0) is 48.4 Å². The van der Waals surface area contributed by atoms with Crippen LogP contribution in [0.3, 0.4) is 0 Å². The predicted molar refractivity (Wildman–Crippen MR) is 128 cm³/mol. The number of benzene rings is 2. The van der Waals surface area contributed by atoms with Crippen LogP contribution in [0.25, 0.3) is 16.8 Å². The predicted octanol–water partition coefficient (Wildman–Crippen LogP) is 4.59. The molecular formula is C25H20N4O4S. The number of carbonyl (C=O) groups is 2. The molecule has 0 fully saturated rings. The van der Waals surface area contributed by atoms with E-state index in [4.69, 9.17) is 9.47 Å². The lowest BCUT2D eigenvalue weighted by Gasteiger charge is -2.09. The average molecular weight is 473 g/mol. The lowest BCUT2D eigenvalue weighted by molar-refractivity contribution is -0.119. The number of thiophene rings is 1. The van der Waals surface area contributed by atoms with Gasteiger partial charge in [0.05, 0.1) is 19.0 Å². The first-order chi connectivity index (χ1) is 16.5. The molecule has 0 aliphatic rings. The Morgan fingerprint density at radius 2 is 1.88 bits per heavy atom. The molecule has 8 nitrogen and oxygen atoms in total. The molecule has 2 heterocycles. The highest BCUT2D eigenvalue weighted by molar-refractivity contribution is 7.14. The molecule has 34 heavy (non-hydrogen) atoms. The Balaban J connectivity index is 1.43. The largest absolute Gasteiger partial charge is 0.497 e. The van der Waals surface area contributed by atoms with Crippen LogP contribution in [-0.2, 0) is 9.53 Å². The first-order valence-electron chi connectivity index (χ1n) is 10.3. The number of carbonyl (C=O) groups excluding carboxylic acids is 2. The molecule has 0 aliphatic heterocycles. The van der Waals surface area contributed by atoms with Crippen molar-refractivity contribution in [2.45, 2.75) is 6.92 Å². The minimum atomic E-state index is -0.597. The summed E-state index contributed by atoms with van der Waals surface area (Å²) in [6.45, 7) is 1.42. The van der Waals surface area contributed by atoms with E-state index in [1.54, 1.807) is 25.3 Å². The van der Waals surface area contributed by atoms with Gasteiger partial charge < -0.3 is 14.8 Å². The molecule has 0 atom stereocenters. The third kappa shape index (κ3) is 4.82. The summed E-state index contributed by atoms with van der Waals surface area (Å²) >= 11 is 1.30. The smallest absolute Gasteiger partial charge is 0.348 e. The fraction of sp³-hybridized carbons (Fsp3) is 0.120. The van der Waals surface area contributed by atoms with Crippen molar-refractivity contribution in [3.8, 4) is 28.6 Å². The number of esters is 1. The first kappa shape index (κ1) is 22.8. The third-order valence-electron chi connectivity index (χ3n) is 5.00. The van der Waals surface area contributed by atoms with E-state index in [2.05, 4.69) is 10.4 Å². The number of methoxy groups -OCH3 is 1. The lowest BCUT2D eigenvalue weighted by Crippen LogP contribution is -2.22. The van der Waals surface area contributed by atoms with Gasteiger partial charge in [0.1, 0.15) is 22.3 Å². The van der Waals surface area contributed by atoms with Crippen LogP contribution in [0, 0.1) is 18.3 Å². The van der Waals surface area contributed by atoms with E-state index < -0.39 is 18.5 Å². The molecule has 9 heteroatoms. The normalized spacial score (nSPS) is 10.4. The molecule has 0 bridgehead atoms. The van der Waals surface area contributed by atoms with E-state index in [-0.39, 0.29) is 11.4 Å². The maximum Gasteiger partial charge on any atom is 0.348 e. The number of ether oxygens (including phenoxy) is 2. The van der Waals surface area contributed by atoms with Crippen LogP contribution in [0.2, 0.25) is 0 Å². The highest BCUT2D eigenvalue weighted by Gasteiger charge is 2.19. The van der Waals surface area contributed by atoms with Gasteiger partial charge in [0, 0.05) is 4.88 Å². The second-order valence-electron chi connectivity index (χ2n) is 7.20. The number of aryl methyl sites for hydroxylation is 1. The van der Waals surface area contributed by atoms with Gasteiger partial charge in [0.2, 0.25) is 0 Å². The zero-order chi connectivity index (χ0) is 24.1. The van der Waals surface area contributed by atoms with Gasteiger partial charge >= 0.3 is 5.97 Å². The molecule has 0 aliphatic carbocycles. The van der Waals surface area contributed by atoms with Crippen molar-refractivity contribution in [2.75, 3.05) is 19.0 Å². The van der Waals surface area contributed by atoms with Crippen LogP contribution in [-0.4, -0.2) is 35.4 Å². The van der Waals surface area contributed by atoms with Gasteiger partial charge in [-0.15, -0.1) is 11.3 Å². The minimum absolute atomic E-state index is 0.196. The van der Waals surface area contributed by atoms with Crippen molar-refractivity contribution in [3.05, 3.63) is 82.2 Å². The van der Waals surface area contributed by atoms with Crippen molar-refractivity contribution in [1.82, 2.24) is 9.78 Å². The summed E-state index contributed by atoms with van der Waals surface area (Å²) in [7, 11) is 1.60. The van der Waals surface area contributed by atoms with Crippen LogP contribution in [0.15, 0.2) is 66.9 Å². The minimum Gasteiger partial charge on any atom is -0.497 e. The van der Waals surface area contributed by atoms with Crippen molar-refractivity contribution in [1.29, 1.82) is 5.26 Å². The van der Waals surface area contributed by atoms with Gasteiger partial charge in [0.25, 0.3) is 5.91 Å². The van der Waals surface area contributed by atoms with E-state index in [0.717, 1.165) is 21.8 Å². The Morgan fingerprint density at radius 1 is 1.15 bits per heavy atom. The summed E-state index contributed by atoms with van der Waals surface area (Å²) in [6, 6.07) is 20.4. The van der Waals surface area contributed by atoms with Gasteiger partial charge in [-0.3, -0.25) is 4.79 Å². The third-order valence-corrected chi connectivity index (χ3v) is 6.03. The van der Waals surface area contributed by atoms with Gasteiger partial charge in [0.15, 0.2) is 12.4 Å². The van der Waals surface area contributed by atoms with Crippen LogP contribution >= 0.6 is 11.3 Å². The highest BCUT2D eigenvalue weighted by atomic mass is 32.1. The molecular weight excluding hydrogens is 452 g/mol. The van der Waals surface area contributed by atoms with E-state index in [1.165, 1.54) is 22.2 Å². The van der Waals surface area contributed by atoms with E-state index >= 15 is 0 Å². The van der Waals surface area contributed by atoms with E-state index in [0.29, 0.717) is 10.6 Å². The second kappa shape index (κ2) is 10.0. The molecule has 2 aromatic carbocycles. The van der Waals surface area contributed by atoms with Crippen molar-refractivity contribution < 1.29 is 19.1 Å². The maximum atomic E-state index is 12.6. The van der Waals surface area contributed by atoms with Gasteiger partial charge in [-0.1, -0.05) is 30.3 Å². The molecule has 0 saturated heterocycles. The molecule has 1 amide bonds. The Hall–Kier alpha value is -4.42. The van der Waals surface area contributed by atoms with Crippen molar-refractivity contribution in [3.63, 3.8) is 0 Å². The van der Waals surface area contributed by atoms with Crippen LogP contribution in [0.1, 0.15) is 20.1 Å². The Morgan fingerprint density at radius 3 is 2.56 bits per heavy atom. The molecule has 2 aromatic heterocycles. The van der Waals surface area contributed by atoms with E-state index in [9.17, 15) is 14.9 Å². The summed E-state index contributed by atoms with van der Waals surface area (Å²) < 4.78 is 11.9. The molecule has 4 rings (SSSR count). The molecule has 0 saturated carbocycles. The highest BCUT2D eigenvalue weighted by Crippen LogP contribution is 2.32. The Kier molecular flexibility index (Phi) is 6.71. The SMILES string of the molecule is COc1ccc(-c2cc(C(=O)OCC(=O)Nc3c(C#N)cnn3-c3ccccc3)sc2C)cc1. The quantitative estimate of drug-likeness (QED) is 0.395. The fourth-order valence-electron chi connectivity index (χ4n) is 3.33. The summed E-state index contributed by atoms with van der Waals surface area (Å²) in [5.74, 6) is -0.217. The molecule has 1 N–H and O–H groups in total. The number of nitrogens with zero attached hydrogens (tertiary/aromatic N) is 3. The van der Waals surface area contributed by atoms with E-state index in [1.807, 2.05) is 55.5 Å². The summed E-state index contributed by atoms with van der Waals surface area (Å²) in [5.41, 5.74) is 2.73. The summed E-state index contributed by atoms with van der Waals surface area (Å²) in [5, 5.41) is 16.2. The van der Waals surface area contributed by atoms with Crippen molar-refractivity contribution >= 4 is 29.0 Å². The number of para-hydroxylation sites is 1. The zero-order valence-electron chi connectivity index (χ0n) is 18.4. The number of nitriles is 1. The second-order valence-corrected chi connectivity index (χ2v) is 8.46. The monoisotopic (exact) mass is 472 g/mol. The number of nitrogens with one attached hydrogen (secondary N) is 1. The Bertz CT molecular complexity index is 1370.